The van der Waals surface area contributed by atoms with E-state index in [1.54, 1.807) is 36.4 Å². The van der Waals surface area contributed by atoms with Crippen molar-refractivity contribution in [3.8, 4) is 23.0 Å². The standard InChI is InChI=1S/C30H30O10S2/c1-15(29(33)34)7-19(31)27-11-17-9-21(37-3)24(14-26(17)42-27)40-6-5-39-23-10-18-12-28(20(32)8-16(2)30(35)36)41-25(18)13-22(23)38-4/h9-16H,5-8H2,1-4H3,(H,33,34)(H,35,36). The molecule has 0 saturated heterocycles. The van der Waals surface area contributed by atoms with Gasteiger partial charge < -0.3 is 29.2 Å². The number of hydrogen-bond acceptors (Lipinski definition) is 10. The summed E-state index contributed by atoms with van der Waals surface area (Å²) in [4.78, 5) is 48.3. The second kappa shape index (κ2) is 13.2. The van der Waals surface area contributed by atoms with Gasteiger partial charge in [-0.1, -0.05) is 13.8 Å². The minimum Gasteiger partial charge on any atom is -0.493 e. The zero-order valence-electron chi connectivity index (χ0n) is 23.4. The van der Waals surface area contributed by atoms with Crippen LogP contribution in [0.4, 0.5) is 0 Å². The molecule has 0 bridgehead atoms. The number of thiophene rings is 2. The van der Waals surface area contributed by atoms with E-state index < -0.39 is 23.8 Å². The number of carbonyl (C=O) groups excluding carboxylic acids is 2. The maximum absolute atomic E-state index is 12.6. The van der Waals surface area contributed by atoms with Crippen LogP contribution in [0.15, 0.2) is 36.4 Å². The number of methoxy groups -OCH3 is 2. The Morgan fingerprint density at radius 3 is 1.45 bits per heavy atom. The number of ether oxygens (including phenoxy) is 4. The van der Waals surface area contributed by atoms with Crippen LogP contribution in [0.1, 0.15) is 46.0 Å². The number of carbonyl (C=O) groups is 4. The van der Waals surface area contributed by atoms with Gasteiger partial charge in [0.2, 0.25) is 0 Å². The lowest BCUT2D eigenvalue weighted by Crippen LogP contribution is -2.13. The molecule has 0 aliphatic heterocycles. The number of carboxylic acids is 2. The Hall–Kier alpha value is -4.16. The SMILES string of the molecule is COc1cc2sc(C(=O)CC(C)C(=O)O)cc2cc1OCCOc1cc2sc(C(=O)CC(C)C(=O)O)cc2cc1OC. The second-order valence-corrected chi connectivity index (χ2v) is 11.9. The first-order valence-electron chi connectivity index (χ1n) is 13.0. The zero-order chi connectivity index (χ0) is 30.6. The minimum atomic E-state index is -1.01. The molecule has 2 aromatic heterocycles. The summed E-state index contributed by atoms with van der Waals surface area (Å²) >= 11 is 2.54. The Morgan fingerprint density at radius 2 is 1.02 bits per heavy atom. The molecule has 0 aliphatic carbocycles. The van der Waals surface area contributed by atoms with Gasteiger partial charge in [-0.05, 0) is 35.0 Å². The monoisotopic (exact) mass is 614 g/mol. The molecular formula is C30H30O10S2. The van der Waals surface area contributed by atoms with E-state index in [-0.39, 0.29) is 37.6 Å². The maximum atomic E-state index is 12.6. The fourth-order valence-electron chi connectivity index (χ4n) is 4.15. The number of aliphatic carboxylic acids is 2. The van der Waals surface area contributed by atoms with E-state index >= 15 is 0 Å². The van der Waals surface area contributed by atoms with Gasteiger partial charge in [-0.15, -0.1) is 22.7 Å². The van der Waals surface area contributed by atoms with Crippen molar-refractivity contribution in [2.24, 2.45) is 11.8 Å². The third kappa shape index (κ3) is 7.00. The normalized spacial score (nSPS) is 12.6. The molecule has 0 spiro atoms. The molecule has 0 fully saturated rings. The third-order valence-electron chi connectivity index (χ3n) is 6.58. The zero-order valence-corrected chi connectivity index (χ0v) is 25.1. The molecule has 0 amide bonds. The smallest absolute Gasteiger partial charge is 0.306 e. The average molecular weight is 615 g/mol. The van der Waals surface area contributed by atoms with Gasteiger partial charge in [0.25, 0.3) is 0 Å². The molecule has 2 atom stereocenters. The van der Waals surface area contributed by atoms with Crippen LogP contribution in [0.2, 0.25) is 0 Å². The number of Topliss-reactive ketones (excluding diaryl/α,β-unsaturated/α-hetero) is 2. The maximum Gasteiger partial charge on any atom is 0.306 e. The first-order chi connectivity index (χ1) is 20.0. The van der Waals surface area contributed by atoms with Crippen LogP contribution in [0, 0.1) is 11.8 Å². The van der Waals surface area contributed by atoms with Gasteiger partial charge in [0, 0.05) is 34.4 Å². The van der Waals surface area contributed by atoms with Gasteiger partial charge >= 0.3 is 11.9 Å². The average Bonchev–Trinajstić information content (AvgIpc) is 3.57. The molecule has 0 aliphatic rings. The number of ketones is 2. The summed E-state index contributed by atoms with van der Waals surface area (Å²) in [6.07, 6.45) is -0.162. The van der Waals surface area contributed by atoms with Crippen LogP contribution in [0.5, 0.6) is 23.0 Å². The van der Waals surface area contributed by atoms with E-state index in [0.717, 1.165) is 20.2 Å². The lowest BCUT2D eigenvalue weighted by molar-refractivity contribution is -0.141. The molecular weight excluding hydrogens is 584 g/mol. The van der Waals surface area contributed by atoms with Crippen LogP contribution < -0.4 is 18.9 Å². The summed E-state index contributed by atoms with van der Waals surface area (Å²) in [5, 5.41) is 19.8. The van der Waals surface area contributed by atoms with Crippen LogP contribution in [0.25, 0.3) is 20.2 Å². The Labute approximate surface area is 249 Å². The molecule has 2 aromatic carbocycles. The first-order valence-corrected chi connectivity index (χ1v) is 14.6. The van der Waals surface area contributed by atoms with Gasteiger partial charge in [0.1, 0.15) is 13.2 Å². The highest BCUT2D eigenvalue weighted by molar-refractivity contribution is 7.21. The number of carboxylic acid groups (broad SMARTS) is 2. The molecule has 4 rings (SSSR count). The second-order valence-electron chi connectivity index (χ2n) is 9.73. The lowest BCUT2D eigenvalue weighted by atomic mass is 10.0. The third-order valence-corrected chi connectivity index (χ3v) is 8.86. The molecule has 4 aromatic rings. The highest BCUT2D eigenvalue weighted by atomic mass is 32.1. The van der Waals surface area contributed by atoms with Gasteiger partial charge in [-0.25, -0.2) is 0 Å². The van der Waals surface area contributed by atoms with Crippen molar-refractivity contribution in [3.05, 3.63) is 46.2 Å². The largest absolute Gasteiger partial charge is 0.493 e. The van der Waals surface area contributed by atoms with Gasteiger partial charge in [0.15, 0.2) is 34.6 Å². The van der Waals surface area contributed by atoms with Crippen LogP contribution in [-0.4, -0.2) is 61.2 Å². The highest BCUT2D eigenvalue weighted by Gasteiger charge is 2.21. The predicted molar refractivity (Wildman–Crippen MR) is 159 cm³/mol. The fourth-order valence-corrected chi connectivity index (χ4v) is 6.19. The summed E-state index contributed by atoms with van der Waals surface area (Å²) in [7, 11) is 3.03. The number of rotatable bonds is 15. The van der Waals surface area contributed by atoms with E-state index in [2.05, 4.69) is 0 Å². The molecule has 0 radical (unpaired) electrons. The van der Waals surface area contributed by atoms with Gasteiger partial charge in [-0.3, -0.25) is 19.2 Å². The van der Waals surface area contributed by atoms with Crippen molar-refractivity contribution in [2.75, 3.05) is 27.4 Å². The van der Waals surface area contributed by atoms with Crippen LogP contribution >= 0.6 is 22.7 Å². The molecule has 2 heterocycles. The van der Waals surface area contributed by atoms with E-state index in [4.69, 9.17) is 29.2 Å². The van der Waals surface area contributed by atoms with E-state index in [9.17, 15) is 19.2 Å². The van der Waals surface area contributed by atoms with Crippen molar-refractivity contribution in [1.82, 2.24) is 0 Å². The van der Waals surface area contributed by atoms with Crippen molar-refractivity contribution < 1.29 is 48.3 Å². The Bertz CT molecular complexity index is 1530. The molecule has 0 saturated carbocycles. The van der Waals surface area contributed by atoms with E-state index in [0.29, 0.717) is 32.8 Å². The number of benzene rings is 2. The quantitative estimate of drug-likeness (QED) is 0.118. The molecule has 10 nitrogen and oxygen atoms in total. The number of fused-ring (bicyclic) bond motifs is 2. The Balaban J connectivity index is 1.43. The highest BCUT2D eigenvalue weighted by Crippen LogP contribution is 2.39. The van der Waals surface area contributed by atoms with Crippen molar-refractivity contribution in [2.45, 2.75) is 26.7 Å². The summed E-state index contributed by atoms with van der Waals surface area (Å²) < 4.78 is 24.4. The Morgan fingerprint density at radius 1 is 0.643 bits per heavy atom. The lowest BCUT2D eigenvalue weighted by Gasteiger charge is -2.13. The molecule has 12 heteroatoms. The molecule has 42 heavy (non-hydrogen) atoms. The first kappa shape index (κ1) is 30.8. The fraction of sp³-hybridized carbons (Fsp3) is 0.333. The molecule has 222 valence electrons. The Kier molecular flexibility index (Phi) is 9.69. The molecule has 2 unspecified atom stereocenters. The predicted octanol–water partition coefficient (Wildman–Crippen LogP) is 6.18. The van der Waals surface area contributed by atoms with Gasteiger partial charge in [-0.2, -0.15) is 0 Å². The van der Waals surface area contributed by atoms with Crippen molar-refractivity contribution in [1.29, 1.82) is 0 Å². The number of hydrogen-bond donors (Lipinski definition) is 2. The summed E-state index contributed by atoms with van der Waals surface area (Å²) in [6, 6.07) is 10.5. The van der Waals surface area contributed by atoms with Crippen LogP contribution in [0.3, 0.4) is 0 Å². The summed E-state index contributed by atoms with van der Waals surface area (Å²) in [5.41, 5.74) is 0. The summed E-state index contributed by atoms with van der Waals surface area (Å²) in [5.74, 6) is -2.15. The topological polar surface area (TPSA) is 146 Å². The van der Waals surface area contributed by atoms with E-state index in [1.165, 1.54) is 50.7 Å². The van der Waals surface area contributed by atoms with Gasteiger partial charge in [0.05, 0.1) is 35.8 Å². The molecule has 2 N–H and O–H groups in total. The van der Waals surface area contributed by atoms with Crippen LogP contribution in [-0.2, 0) is 9.59 Å². The van der Waals surface area contributed by atoms with E-state index in [1.807, 2.05) is 0 Å². The minimum absolute atomic E-state index is 0.0811. The van der Waals surface area contributed by atoms with Crippen molar-refractivity contribution in [3.63, 3.8) is 0 Å². The van der Waals surface area contributed by atoms with Crippen molar-refractivity contribution >= 4 is 66.4 Å². The summed E-state index contributed by atoms with van der Waals surface area (Å²) in [6.45, 7) is 3.33.